The van der Waals surface area contributed by atoms with Crippen LogP contribution in [0.4, 0.5) is 0 Å². The molecule has 1 aliphatic rings. The van der Waals surface area contributed by atoms with E-state index in [1.165, 1.54) is 0 Å². The highest BCUT2D eigenvalue weighted by atomic mass is 16.7. The van der Waals surface area contributed by atoms with Crippen molar-refractivity contribution in [2.45, 2.75) is 26.3 Å². The Bertz CT molecular complexity index is 544. The first kappa shape index (κ1) is 15.2. The van der Waals surface area contributed by atoms with Crippen LogP contribution in [0, 0.1) is 0 Å². The number of carbonyl (C=O) groups is 2. The minimum atomic E-state index is -0.531. The van der Waals surface area contributed by atoms with Crippen molar-refractivity contribution < 1.29 is 19.1 Å². The summed E-state index contributed by atoms with van der Waals surface area (Å²) in [5.41, 5.74) is 0.820. The Hall–Kier alpha value is -2.24. The van der Waals surface area contributed by atoms with Gasteiger partial charge in [-0.15, -0.1) is 0 Å². The van der Waals surface area contributed by atoms with E-state index in [1.807, 2.05) is 13.0 Å². The lowest BCUT2D eigenvalue weighted by Gasteiger charge is -2.20. The third-order valence-corrected chi connectivity index (χ3v) is 3.40. The van der Waals surface area contributed by atoms with Crippen molar-refractivity contribution in [3.05, 3.63) is 23.8 Å². The molecule has 6 heteroatoms. The Morgan fingerprint density at radius 2 is 2.05 bits per heavy atom. The number of carbonyl (C=O) groups excluding carboxylic acids is 2. The van der Waals surface area contributed by atoms with Crippen LogP contribution in [-0.4, -0.2) is 43.1 Å². The van der Waals surface area contributed by atoms with E-state index in [9.17, 15) is 9.59 Å². The van der Waals surface area contributed by atoms with E-state index < -0.39 is 6.04 Å². The molecular weight excluding hydrogens is 272 g/mol. The maximum Gasteiger partial charge on any atom is 0.244 e. The molecule has 1 aromatic rings. The first-order valence-electron chi connectivity index (χ1n) is 6.94. The monoisotopic (exact) mass is 292 g/mol. The topological polar surface area (TPSA) is 67.9 Å². The fourth-order valence-electron chi connectivity index (χ4n) is 2.08. The van der Waals surface area contributed by atoms with E-state index in [0.29, 0.717) is 18.0 Å². The van der Waals surface area contributed by atoms with Crippen molar-refractivity contribution in [3.8, 4) is 11.5 Å². The minimum absolute atomic E-state index is 0.100. The van der Waals surface area contributed by atoms with E-state index >= 15 is 0 Å². The molecule has 1 heterocycles. The molecule has 0 saturated carbocycles. The van der Waals surface area contributed by atoms with Gasteiger partial charge in [-0.1, -0.05) is 6.07 Å². The Balaban J connectivity index is 1.91. The van der Waals surface area contributed by atoms with Gasteiger partial charge >= 0.3 is 0 Å². The molecule has 1 atom stereocenters. The van der Waals surface area contributed by atoms with Gasteiger partial charge in [0, 0.05) is 13.6 Å². The molecule has 1 N–H and O–H groups in total. The third-order valence-electron chi connectivity index (χ3n) is 3.40. The van der Waals surface area contributed by atoms with Crippen LogP contribution in [0.15, 0.2) is 18.2 Å². The van der Waals surface area contributed by atoms with Crippen LogP contribution in [0.25, 0.3) is 0 Å². The zero-order valence-corrected chi connectivity index (χ0v) is 12.5. The second kappa shape index (κ2) is 6.47. The van der Waals surface area contributed by atoms with Gasteiger partial charge in [0.2, 0.25) is 18.6 Å². The van der Waals surface area contributed by atoms with E-state index in [2.05, 4.69) is 5.32 Å². The van der Waals surface area contributed by atoms with Crippen molar-refractivity contribution >= 4 is 11.8 Å². The molecule has 0 radical (unpaired) electrons. The minimum Gasteiger partial charge on any atom is -0.454 e. The third kappa shape index (κ3) is 3.65. The molecule has 6 nitrogen and oxygen atoms in total. The number of fused-ring (bicyclic) bond motifs is 1. The summed E-state index contributed by atoms with van der Waals surface area (Å²) in [7, 11) is 1.71. The smallest absolute Gasteiger partial charge is 0.244 e. The van der Waals surface area contributed by atoms with Crippen LogP contribution in [-0.2, 0) is 16.0 Å². The molecule has 0 saturated heterocycles. The summed E-state index contributed by atoms with van der Waals surface area (Å²) >= 11 is 0. The summed E-state index contributed by atoms with van der Waals surface area (Å²) < 4.78 is 10.5. The molecule has 0 bridgehead atoms. The van der Waals surface area contributed by atoms with Gasteiger partial charge in [0.25, 0.3) is 0 Å². The lowest BCUT2D eigenvalue weighted by atomic mass is 10.1. The van der Waals surface area contributed by atoms with E-state index in [4.69, 9.17) is 9.47 Å². The molecular formula is C15H20N2O4. The van der Waals surface area contributed by atoms with Crippen LogP contribution < -0.4 is 14.8 Å². The van der Waals surface area contributed by atoms with Gasteiger partial charge in [-0.2, -0.15) is 0 Å². The number of rotatable bonds is 5. The molecule has 0 aliphatic carbocycles. The highest BCUT2D eigenvalue weighted by molar-refractivity contribution is 5.88. The first-order chi connectivity index (χ1) is 10.0. The summed E-state index contributed by atoms with van der Waals surface area (Å²) in [5, 5.41) is 2.71. The highest BCUT2D eigenvalue weighted by Gasteiger charge is 2.19. The molecule has 1 aliphatic heterocycles. The number of amides is 2. The molecule has 0 aromatic heterocycles. The predicted molar refractivity (Wildman–Crippen MR) is 77.2 cm³/mol. The van der Waals surface area contributed by atoms with Gasteiger partial charge in [0.15, 0.2) is 11.5 Å². The summed E-state index contributed by atoms with van der Waals surface area (Å²) in [6.07, 6.45) is 0.199. The van der Waals surface area contributed by atoms with Crippen LogP contribution in [0.2, 0.25) is 0 Å². The normalized spacial score (nSPS) is 13.7. The van der Waals surface area contributed by atoms with Gasteiger partial charge in [-0.25, -0.2) is 0 Å². The van der Waals surface area contributed by atoms with Crippen molar-refractivity contribution in [2.75, 3.05) is 20.4 Å². The zero-order chi connectivity index (χ0) is 15.4. The predicted octanol–water partition coefficient (Wildman–Crippen LogP) is 0.941. The lowest BCUT2D eigenvalue weighted by molar-refractivity contribution is -0.134. The van der Waals surface area contributed by atoms with Crippen molar-refractivity contribution in [3.63, 3.8) is 0 Å². The second-order valence-electron chi connectivity index (χ2n) is 5.01. The summed E-state index contributed by atoms with van der Waals surface area (Å²) in [4.78, 5) is 25.4. The molecule has 0 fully saturated rings. The fourth-order valence-corrected chi connectivity index (χ4v) is 2.08. The maximum atomic E-state index is 12.0. The Labute approximate surface area is 124 Å². The molecule has 2 rings (SSSR count). The van der Waals surface area contributed by atoms with Crippen LogP contribution in [0.3, 0.4) is 0 Å². The number of likely N-dealkylation sites (N-methyl/N-ethyl adjacent to an activating group) is 1. The quantitative estimate of drug-likeness (QED) is 0.877. The summed E-state index contributed by atoms with van der Waals surface area (Å²) in [5.74, 6) is 1.04. The zero-order valence-electron chi connectivity index (χ0n) is 12.5. The number of nitrogens with zero attached hydrogens (tertiary/aromatic N) is 1. The summed E-state index contributed by atoms with van der Waals surface area (Å²) in [6.45, 7) is 4.40. The molecule has 114 valence electrons. The molecule has 2 amide bonds. The molecule has 0 spiro atoms. The number of ether oxygens (including phenoxy) is 2. The second-order valence-corrected chi connectivity index (χ2v) is 5.01. The number of nitrogens with one attached hydrogen (secondary N) is 1. The van der Waals surface area contributed by atoms with Gasteiger partial charge in [-0.05, 0) is 31.5 Å². The largest absolute Gasteiger partial charge is 0.454 e. The number of benzene rings is 1. The highest BCUT2D eigenvalue weighted by Crippen LogP contribution is 2.32. The fraction of sp³-hybridized carbons (Fsp3) is 0.467. The van der Waals surface area contributed by atoms with Gasteiger partial charge < -0.3 is 19.7 Å². The van der Waals surface area contributed by atoms with Crippen molar-refractivity contribution in [1.29, 1.82) is 0 Å². The molecule has 1 aromatic carbocycles. The van der Waals surface area contributed by atoms with Crippen molar-refractivity contribution in [1.82, 2.24) is 10.2 Å². The first-order valence-corrected chi connectivity index (χ1v) is 6.94. The average molecular weight is 292 g/mol. The van der Waals surface area contributed by atoms with Gasteiger partial charge in [-0.3, -0.25) is 9.59 Å². The Kier molecular flexibility index (Phi) is 4.67. The lowest BCUT2D eigenvalue weighted by Crippen LogP contribution is -2.45. The molecule has 0 unspecified atom stereocenters. The maximum absolute atomic E-state index is 12.0. The summed E-state index contributed by atoms with van der Waals surface area (Å²) in [6, 6.07) is 4.85. The van der Waals surface area contributed by atoms with E-state index in [-0.39, 0.29) is 25.0 Å². The SMILES string of the molecule is CCN(C)C(=O)[C@@H](C)NC(=O)Cc1ccc2c(c1)OCO2. The average Bonchev–Trinajstić information content (AvgIpc) is 2.92. The van der Waals surface area contributed by atoms with Crippen LogP contribution >= 0.6 is 0 Å². The van der Waals surface area contributed by atoms with E-state index in [1.54, 1.807) is 31.0 Å². The standard InChI is InChI=1S/C15H20N2O4/c1-4-17(3)15(19)10(2)16-14(18)8-11-5-6-12-13(7-11)21-9-20-12/h5-7,10H,4,8-9H2,1-3H3,(H,16,18)/t10-/m1/s1. The Morgan fingerprint density at radius 3 is 2.76 bits per heavy atom. The molecule has 21 heavy (non-hydrogen) atoms. The van der Waals surface area contributed by atoms with Crippen molar-refractivity contribution in [2.24, 2.45) is 0 Å². The van der Waals surface area contributed by atoms with Gasteiger partial charge in [0.05, 0.1) is 6.42 Å². The van der Waals surface area contributed by atoms with Gasteiger partial charge in [0.1, 0.15) is 6.04 Å². The Morgan fingerprint density at radius 1 is 1.33 bits per heavy atom. The number of hydrogen-bond donors (Lipinski definition) is 1. The van der Waals surface area contributed by atoms with Crippen LogP contribution in [0.1, 0.15) is 19.4 Å². The van der Waals surface area contributed by atoms with Crippen LogP contribution in [0.5, 0.6) is 11.5 Å². The number of hydrogen-bond acceptors (Lipinski definition) is 4. The van der Waals surface area contributed by atoms with E-state index in [0.717, 1.165) is 5.56 Å².